The number of aryl methyl sites for hydroxylation is 2. The lowest BCUT2D eigenvalue weighted by atomic mass is 10.1. The Bertz CT molecular complexity index is 728. The second-order valence-electron chi connectivity index (χ2n) is 4.99. The van der Waals surface area contributed by atoms with Crippen molar-refractivity contribution in [1.29, 1.82) is 0 Å². The highest BCUT2D eigenvalue weighted by Crippen LogP contribution is 2.25. The zero-order valence-corrected chi connectivity index (χ0v) is 13.9. The molecule has 1 unspecified atom stereocenters. The van der Waals surface area contributed by atoms with Crippen molar-refractivity contribution in [3.8, 4) is 11.3 Å². The van der Waals surface area contributed by atoms with E-state index in [4.69, 9.17) is 0 Å². The van der Waals surface area contributed by atoms with Gasteiger partial charge in [-0.25, -0.2) is 9.97 Å². The van der Waals surface area contributed by atoms with Gasteiger partial charge in [-0.1, -0.05) is 12.1 Å². The summed E-state index contributed by atoms with van der Waals surface area (Å²) in [6.07, 6.45) is 0. The molecular weight excluding hydrogens is 298 g/mol. The molecule has 3 nitrogen and oxygen atoms in total. The van der Waals surface area contributed by atoms with Gasteiger partial charge in [0.1, 0.15) is 0 Å². The van der Waals surface area contributed by atoms with Gasteiger partial charge in [-0.15, -0.1) is 22.7 Å². The molecule has 0 saturated carbocycles. The largest absolute Gasteiger partial charge is 0.377 e. The highest BCUT2D eigenvalue weighted by Gasteiger charge is 2.09. The molecule has 0 fully saturated rings. The summed E-state index contributed by atoms with van der Waals surface area (Å²) in [5, 5.41) is 9.89. The van der Waals surface area contributed by atoms with Gasteiger partial charge in [0.05, 0.1) is 27.4 Å². The second-order valence-corrected chi connectivity index (χ2v) is 7.11. The van der Waals surface area contributed by atoms with Gasteiger partial charge in [0, 0.05) is 22.0 Å². The molecule has 0 bridgehead atoms. The van der Waals surface area contributed by atoms with Gasteiger partial charge in [-0.2, -0.15) is 0 Å². The zero-order valence-electron chi connectivity index (χ0n) is 12.3. The van der Waals surface area contributed by atoms with E-state index in [1.807, 2.05) is 13.8 Å². The Hall–Kier alpha value is -1.72. The van der Waals surface area contributed by atoms with Gasteiger partial charge in [-0.3, -0.25) is 0 Å². The van der Waals surface area contributed by atoms with Crippen molar-refractivity contribution in [3.63, 3.8) is 0 Å². The van der Waals surface area contributed by atoms with Crippen LogP contribution in [-0.2, 0) is 0 Å². The molecule has 5 heteroatoms. The highest BCUT2D eigenvalue weighted by atomic mass is 32.1. The number of thiazole rings is 2. The number of aromatic nitrogens is 2. The molecule has 21 heavy (non-hydrogen) atoms. The lowest BCUT2D eigenvalue weighted by Gasteiger charge is -2.13. The minimum atomic E-state index is 0.210. The molecule has 1 aromatic carbocycles. The SMILES string of the molecule is Cc1nc(-c2ccc(NC(C)c3csc(C)n3)cc2)cs1. The van der Waals surface area contributed by atoms with Gasteiger partial charge >= 0.3 is 0 Å². The minimum Gasteiger partial charge on any atom is -0.377 e. The van der Waals surface area contributed by atoms with Crippen molar-refractivity contribution in [3.05, 3.63) is 50.7 Å². The third kappa shape index (κ3) is 3.31. The maximum atomic E-state index is 4.52. The Morgan fingerprint density at radius 3 is 2.19 bits per heavy atom. The second kappa shape index (κ2) is 5.95. The van der Waals surface area contributed by atoms with Crippen LogP contribution in [0.3, 0.4) is 0 Å². The van der Waals surface area contributed by atoms with Crippen LogP contribution in [0, 0.1) is 13.8 Å². The Morgan fingerprint density at radius 1 is 0.952 bits per heavy atom. The van der Waals surface area contributed by atoms with Crippen molar-refractivity contribution in [1.82, 2.24) is 9.97 Å². The van der Waals surface area contributed by atoms with E-state index in [1.54, 1.807) is 22.7 Å². The Morgan fingerprint density at radius 2 is 1.62 bits per heavy atom. The molecule has 0 amide bonds. The number of nitrogens with one attached hydrogen (secondary N) is 1. The van der Waals surface area contributed by atoms with E-state index in [0.717, 1.165) is 32.7 Å². The predicted molar refractivity (Wildman–Crippen MR) is 91.2 cm³/mol. The van der Waals surface area contributed by atoms with Crippen molar-refractivity contribution in [2.45, 2.75) is 26.8 Å². The molecule has 3 rings (SSSR count). The Balaban J connectivity index is 1.72. The molecule has 1 atom stereocenters. The normalized spacial score (nSPS) is 12.3. The van der Waals surface area contributed by atoms with Gasteiger partial charge in [-0.05, 0) is 32.9 Å². The van der Waals surface area contributed by atoms with E-state index in [0.29, 0.717) is 0 Å². The Labute approximate surface area is 132 Å². The van der Waals surface area contributed by atoms with Crippen LogP contribution >= 0.6 is 22.7 Å². The molecule has 3 aromatic rings. The minimum absolute atomic E-state index is 0.210. The smallest absolute Gasteiger partial charge is 0.0901 e. The summed E-state index contributed by atoms with van der Waals surface area (Å²) in [5.41, 5.74) is 4.40. The van der Waals surface area contributed by atoms with Crippen LogP contribution in [0.2, 0.25) is 0 Å². The molecule has 0 spiro atoms. The molecule has 0 aliphatic carbocycles. The molecular formula is C16H17N3S2. The third-order valence-corrected chi connectivity index (χ3v) is 4.83. The van der Waals surface area contributed by atoms with E-state index in [9.17, 15) is 0 Å². The van der Waals surface area contributed by atoms with Crippen LogP contribution in [-0.4, -0.2) is 9.97 Å². The van der Waals surface area contributed by atoms with Crippen LogP contribution in [0.4, 0.5) is 5.69 Å². The van der Waals surface area contributed by atoms with E-state index in [2.05, 4.69) is 57.2 Å². The molecule has 2 aromatic heterocycles. The summed E-state index contributed by atoms with van der Waals surface area (Å²) in [6, 6.07) is 8.62. The first-order valence-electron chi connectivity index (χ1n) is 6.83. The van der Waals surface area contributed by atoms with Crippen molar-refractivity contribution < 1.29 is 0 Å². The fourth-order valence-corrected chi connectivity index (χ4v) is 3.46. The lowest BCUT2D eigenvalue weighted by Crippen LogP contribution is -2.06. The maximum absolute atomic E-state index is 4.52. The summed E-state index contributed by atoms with van der Waals surface area (Å²) in [7, 11) is 0. The summed E-state index contributed by atoms with van der Waals surface area (Å²) in [5.74, 6) is 0. The third-order valence-electron chi connectivity index (χ3n) is 3.26. The fraction of sp³-hybridized carbons (Fsp3) is 0.250. The number of anilines is 1. The summed E-state index contributed by atoms with van der Waals surface area (Å²) in [4.78, 5) is 9.03. The van der Waals surface area contributed by atoms with E-state index >= 15 is 0 Å². The number of hydrogen-bond donors (Lipinski definition) is 1. The van der Waals surface area contributed by atoms with E-state index in [-0.39, 0.29) is 6.04 Å². The number of hydrogen-bond acceptors (Lipinski definition) is 5. The first-order chi connectivity index (χ1) is 10.1. The van der Waals surface area contributed by atoms with E-state index < -0.39 is 0 Å². The lowest BCUT2D eigenvalue weighted by molar-refractivity contribution is 0.845. The molecule has 0 aliphatic rings. The molecule has 1 N–H and O–H groups in total. The average molecular weight is 315 g/mol. The summed E-state index contributed by atoms with van der Waals surface area (Å²) < 4.78 is 0. The van der Waals surface area contributed by atoms with Gasteiger partial charge in [0.25, 0.3) is 0 Å². The molecule has 2 heterocycles. The molecule has 0 saturated heterocycles. The number of nitrogens with zero attached hydrogens (tertiary/aromatic N) is 2. The average Bonchev–Trinajstić information content (AvgIpc) is 3.08. The van der Waals surface area contributed by atoms with Gasteiger partial charge in [0.2, 0.25) is 0 Å². The molecule has 0 radical (unpaired) electrons. The zero-order chi connectivity index (χ0) is 14.8. The number of benzene rings is 1. The summed E-state index contributed by atoms with van der Waals surface area (Å²) in [6.45, 7) is 6.19. The van der Waals surface area contributed by atoms with Crippen LogP contribution in [0.5, 0.6) is 0 Å². The fourth-order valence-electron chi connectivity index (χ4n) is 2.14. The van der Waals surface area contributed by atoms with Crippen molar-refractivity contribution in [2.24, 2.45) is 0 Å². The quantitative estimate of drug-likeness (QED) is 0.731. The topological polar surface area (TPSA) is 37.8 Å². The van der Waals surface area contributed by atoms with Gasteiger partial charge < -0.3 is 5.32 Å². The first-order valence-corrected chi connectivity index (χ1v) is 8.59. The van der Waals surface area contributed by atoms with E-state index in [1.165, 1.54) is 0 Å². The van der Waals surface area contributed by atoms with Crippen LogP contribution in [0.15, 0.2) is 35.0 Å². The number of rotatable bonds is 4. The monoisotopic (exact) mass is 315 g/mol. The molecule has 0 aliphatic heterocycles. The standard InChI is InChI=1S/C16H17N3S2/c1-10(15-8-20-11(2)18-15)17-14-6-4-13(5-7-14)16-9-21-12(3)19-16/h4-10,17H,1-3H3. The van der Waals surface area contributed by atoms with Crippen LogP contribution in [0.25, 0.3) is 11.3 Å². The van der Waals surface area contributed by atoms with Crippen molar-refractivity contribution in [2.75, 3.05) is 5.32 Å². The molecule has 108 valence electrons. The predicted octanol–water partition coefficient (Wildman–Crippen LogP) is 5.06. The van der Waals surface area contributed by atoms with Crippen molar-refractivity contribution >= 4 is 28.4 Å². The van der Waals surface area contributed by atoms with Crippen LogP contribution < -0.4 is 5.32 Å². The Kier molecular flexibility index (Phi) is 4.03. The summed E-state index contributed by atoms with van der Waals surface area (Å²) >= 11 is 3.37. The highest BCUT2D eigenvalue weighted by molar-refractivity contribution is 7.10. The van der Waals surface area contributed by atoms with Gasteiger partial charge in [0.15, 0.2) is 0 Å². The first kappa shape index (κ1) is 14.2. The maximum Gasteiger partial charge on any atom is 0.0901 e. The van der Waals surface area contributed by atoms with Crippen LogP contribution in [0.1, 0.15) is 28.7 Å².